The predicted octanol–water partition coefficient (Wildman–Crippen LogP) is 4.69. The average Bonchev–Trinajstić information content (AvgIpc) is 3.23. The zero-order chi connectivity index (χ0) is 23.9. The third-order valence-corrected chi connectivity index (χ3v) is 7.38. The maximum Gasteiger partial charge on any atom is 0.176 e. The fraction of sp³-hybridized carbons (Fsp3) is 0.357. The minimum Gasteiger partial charge on any atom is -0.493 e. The van der Waals surface area contributed by atoms with Crippen LogP contribution in [-0.2, 0) is 11.2 Å². The van der Waals surface area contributed by atoms with Crippen LogP contribution < -0.4 is 9.47 Å². The van der Waals surface area contributed by atoms with Crippen LogP contribution in [-0.4, -0.2) is 48.5 Å². The van der Waals surface area contributed by atoms with E-state index in [-0.39, 0.29) is 5.92 Å². The number of fused-ring (bicyclic) bond motifs is 3. The van der Waals surface area contributed by atoms with Gasteiger partial charge in [-0.1, -0.05) is 54.1 Å². The second-order valence-electron chi connectivity index (χ2n) is 9.49. The Balaban J connectivity index is 1.58. The first-order valence-electron chi connectivity index (χ1n) is 11.7. The molecular weight excluding hydrogens is 450 g/mol. The van der Waals surface area contributed by atoms with Crippen LogP contribution in [0.1, 0.15) is 35.4 Å². The zero-order valence-corrected chi connectivity index (χ0v) is 20.2. The molecule has 1 aliphatic heterocycles. The van der Waals surface area contributed by atoms with Crippen molar-refractivity contribution in [3.63, 3.8) is 0 Å². The largest absolute Gasteiger partial charge is 0.493 e. The van der Waals surface area contributed by atoms with Crippen LogP contribution in [0.3, 0.4) is 0 Å². The van der Waals surface area contributed by atoms with Crippen molar-refractivity contribution in [3.05, 3.63) is 94.5 Å². The standard InChI is InChI=1S/C28H30ClNO4/c1-30(2)15-6-16-33-22-13-14-23-25(17-22)34-28(20-9-11-21(29)12-10-20)24(18-26(31)27(23,28)32)19-7-4-3-5-8-19/h3-5,7-14,17,24,26,31-32H,6,15-16,18H2,1-2H3/t24-,26+,27-,28-/m1/s1. The van der Waals surface area contributed by atoms with E-state index in [9.17, 15) is 10.2 Å². The van der Waals surface area contributed by atoms with Gasteiger partial charge in [0.2, 0.25) is 0 Å². The lowest BCUT2D eigenvalue weighted by molar-refractivity contribution is -0.149. The number of benzene rings is 3. The van der Waals surface area contributed by atoms with Crippen molar-refractivity contribution < 1.29 is 19.7 Å². The molecule has 1 heterocycles. The summed E-state index contributed by atoms with van der Waals surface area (Å²) in [5.74, 6) is 0.937. The summed E-state index contributed by atoms with van der Waals surface area (Å²) in [5.41, 5.74) is -0.478. The van der Waals surface area contributed by atoms with Crippen LogP contribution in [0.25, 0.3) is 0 Å². The molecule has 4 atom stereocenters. The van der Waals surface area contributed by atoms with Crippen LogP contribution >= 0.6 is 11.6 Å². The molecule has 34 heavy (non-hydrogen) atoms. The van der Waals surface area contributed by atoms with Crippen molar-refractivity contribution in [2.45, 2.75) is 36.1 Å². The molecule has 5 rings (SSSR count). The van der Waals surface area contributed by atoms with Crippen molar-refractivity contribution in [2.75, 3.05) is 27.2 Å². The predicted molar refractivity (Wildman–Crippen MR) is 133 cm³/mol. The first-order valence-corrected chi connectivity index (χ1v) is 12.1. The molecule has 5 nitrogen and oxygen atoms in total. The first-order chi connectivity index (χ1) is 16.4. The Labute approximate surface area is 205 Å². The number of halogens is 1. The zero-order valence-electron chi connectivity index (χ0n) is 19.4. The molecule has 1 fully saturated rings. The summed E-state index contributed by atoms with van der Waals surface area (Å²) in [5, 5.41) is 24.2. The molecule has 1 aliphatic carbocycles. The Morgan fingerprint density at radius 2 is 1.79 bits per heavy atom. The van der Waals surface area contributed by atoms with Crippen LogP contribution in [0.2, 0.25) is 5.02 Å². The lowest BCUT2D eigenvalue weighted by atomic mass is 9.71. The Morgan fingerprint density at radius 3 is 2.50 bits per heavy atom. The summed E-state index contributed by atoms with van der Waals surface area (Å²) in [6.45, 7) is 1.52. The summed E-state index contributed by atoms with van der Waals surface area (Å²) >= 11 is 6.19. The van der Waals surface area contributed by atoms with Crippen molar-refractivity contribution >= 4 is 11.6 Å². The number of rotatable bonds is 7. The van der Waals surface area contributed by atoms with Gasteiger partial charge in [0.05, 0.1) is 12.7 Å². The number of hydrogen-bond donors (Lipinski definition) is 2. The maximum absolute atomic E-state index is 12.3. The Kier molecular flexibility index (Phi) is 6.07. The number of aliphatic hydroxyl groups excluding tert-OH is 1. The van der Waals surface area contributed by atoms with Crippen molar-refractivity contribution in [1.29, 1.82) is 0 Å². The van der Waals surface area contributed by atoms with Crippen LogP contribution in [0.15, 0.2) is 72.8 Å². The number of hydrogen-bond acceptors (Lipinski definition) is 5. The molecule has 0 amide bonds. The molecule has 0 saturated heterocycles. The van der Waals surface area contributed by atoms with Gasteiger partial charge in [-0.05, 0) is 62.3 Å². The minimum absolute atomic E-state index is 0.272. The summed E-state index contributed by atoms with van der Waals surface area (Å²) in [7, 11) is 4.07. The third-order valence-electron chi connectivity index (χ3n) is 7.13. The van der Waals surface area contributed by atoms with Crippen LogP contribution in [0, 0.1) is 0 Å². The lowest BCUT2D eigenvalue weighted by Crippen LogP contribution is -2.51. The van der Waals surface area contributed by atoms with Gasteiger partial charge in [-0.25, -0.2) is 0 Å². The second kappa shape index (κ2) is 8.90. The fourth-order valence-corrected chi connectivity index (χ4v) is 5.70. The topological polar surface area (TPSA) is 62.2 Å². The third kappa shape index (κ3) is 3.59. The van der Waals surface area contributed by atoms with E-state index in [0.717, 1.165) is 24.1 Å². The Bertz CT molecular complexity index is 1150. The van der Waals surface area contributed by atoms with E-state index in [4.69, 9.17) is 21.1 Å². The summed E-state index contributed by atoms with van der Waals surface area (Å²) < 4.78 is 12.7. The maximum atomic E-state index is 12.3. The molecule has 0 unspecified atom stereocenters. The van der Waals surface area contributed by atoms with Crippen LogP contribution in [0.5, 0.6) is 11.5 Å². The molecule has 0 radical (unpaired) electrons. The van der Waals surface area contributed by atoms with Gasteiger partial charge in [0.15, 0.2) is 11.2 Å². The monoisotopic (exact) mass is 479 g/mol. The highest BCUT2D eigenvalue weighted by Crippen LogP contribution is 2.66. The summed E-state index contributed by atoms with van der Waals surface area (Å²) in [6.07, 6.45) is 0.255. The quantitative estimate of drug-likeness (QED) is 0.481. The lowest BCUT2D eigenvalue weighted by Gasteiger charge is -2.40. The van der Waals surface area contributed by atoms with E-state index in [0.29, 0.717) is 35.1 Å². The molecule has 3 aromatic carbocycles. The van der Waals surface area contributed by atoms with Crippen LogP contribution in [0.4, 0.5) is 0 Å². The number of aliphatic hydroxyl groups is 2. The van der Waals surface area contributed by atoms with Crippen molar-refractivity contribution in [1.82, 2.24) is 4.90 Å². The van der Waals surface area contributed by atoms with Gasteiger partial charge in [-0.2, -0.15) is 0 Å². The molecule has 3 aromatic rings. The molecule has 0 bridgehead atoms. The Morgan fingerprint density at radius 1 is 1.06 bits per heavy atom. The van der Waals surface area contributed by atoms with Gasteiger partial charge >= 0.3 is 0 Å². The highest BCUT2D eigenvalue weighted by molar-refractivity contribution is 6.30. The highest BCUT2D eigenvalue weighted by atomic mass is 35.5. The molecule has 1 saturated carbocycles. The molecule has 2 N–H and O–H groups in total. The average molecular weight is 480 g/mol. The van der Waals surface area contributed by atoms with Gasteiger partial charge in [0, 0.05) is 29.1 Å². The highest BCUT2D eigenvalue weighted by Gasteiger charge is 2.72. The molecule has 0 aromatic heterocycles. The first kappa shape index (κ1) is 23.2. The van der Waals surface area contributed by atoms with Gasteiger partial charge in [-0.15, -0.1) is 0 Å². The SMILES string of the molecule is CN(C)CCCOc1ccc2c(c1)O[C@]1(c3ccc(Cl)cc3)[C@@H](c3ccccc3)C[C@H](O)[C@]21O. The van der Waals surface area contributed by atoms with E-state index >= 15 is 0 Å². The smallest absolute Gasteiger partial charge is 0.176 e. The Hall–Kier alpha value is -2.57. The molecule has 178 valence electrons. The number of nitrogens with zero attached hydrogens (tertiary/aromatic N) is 1. The molecule has 0 spiro atoms. The fourth-order valence-electron chi connectivity index (χ4n) is 5.57. The van der Waals surface area contributed by atoms with Crippen molar-refractivity contribution in [3.8, 4) is 11.5 Å². The molecule has 2 aliphatic rings. The van der Waals surface area contributed by atoms with Gasteiger partial charge in [0.25, 0.3) is 0 Å². The van der Waals surface area contributed by atoms with E-state index in [2.05, 4.69) is 4.90 Å². The molecule has 6 heteroatoms. The number of ether oxygens (including phenoxy) is 2. The van der Waals surface area contributed by atoms with Gasteiger partial charge < -0.3 is 24.6 Å². The molecular formula is C28H30ClNO4. The van der Waals surface area contributed by atoms with E-state index in [1.54, 1.807) is 12.1 Å². The second-order valence-corrected chi connectivity index (χ2v) is 9.93. The minimum atomic E-state index is -1.62. The normalized spacial score (nSPS) is 27.4. The summed E-state index contributed by atoms with van der Waals surface area (Å²) in [4.78, 5) is 2.12. The van der Waals surface area contributed by atoms with E-state index in [1.807, 2.05) is 74.8 Å². The van der Waals surface area contributed by atoms with Gasteiger partial charge in [-0.3, -0.25) is 0 Å². The van der Waals surface area contributed by atoms with Crippen molar-refractivity contribution in [2.24, 2.45) is 0 Å². The van der Waals surface area contributed by atoms with Gasteiger partial charge in [0.1, 0.15) is 11.5 Å². The van der Waals surface area contributed by atoms with E-state index < -0.39 is 17.3 Å². The summed E-state index contributed by atoms with van der Waals surface area (Å²) in [6, 6.07) is 22.8. The van der Waals surface area contributed by atoms with E-state index in [1.165, 1.54) is 0 Å².